The third kappa shape index (κ3) is 9.02. The van der Waals surface area contributed by atoms with Crippen LogP contribution in [0.15, 0.2) is 146 Å². The van der Waals surface area contributed by atoms with E-state index in [1.165, 1.54) is 0 Å². The van der Waals surface area contributed by atoms with Gasteiger partial charge in [-0.2, -0.15) is 0 Å². The zero-order valence-corrected chi connectivity index (χ0v) is 26.5. The molecule has 0 aliphatic carbocycles. The van der Waals surface area contributed by atoms with Crippen molar-refractivity contribution in [3.05, 3.63) is 179 Å². The molecule has 0 bridgehead atoms. The molecule has 5 aromatic rings. The summed E-state index contributed by atoms with van der Waals surface area (Å²) in [7, 11) is 0. The van der Waals surface area contributed by atoms with Crippen molar-refractivity contribution in [2.24, 2.45) is 0 Å². The summed E-state index contributed by atoms with van der Waals surface area (Å²) >= 11 is 0. The maximum absolute atomic E-state index is 10.4. The zero-order chi connectivity index (χ0) is 32.1. The second-order valence-electron chi connectivity index (χ2n) is 11.7. The normalized spacial score (nSPS) is 21.0. The predicted molar refractivity (Wildman–Crippen MR) is 181 cm³/mol. The fourth-order valence-corrected chi connectivity index (χ4v) is 6.00. The molecule has 6 nitrogen and oxygen atoms in total. The van der Waals surface area contributed by atoms with Gasteiger partial charge in [0, 0.05) is 0 Å². The lowest BCUT2D eigenvalue weighted by molar-refractivity contribution is -0.275. The van der Waals surface area contributed by atoms with Crippen LogP contribution in [0.1, 0.15) is 39.5 Å². The summed E-state index contributed by atoms with van der Waals surface area (Å²) in [6, 6.07) is 48.2. The molecule has 5 atom stereocenters. The zero-order valence-electron chi connectivity index (χ0n) is 26.5. The van der Waals surface area contributed by atoms with Crippen LogP contribution in [0, 0.1) is 0 Å². The van der Waals surface area contributed by atoms with Crippen LogP contribution in [0.2, 0.25) is 0 Å². The highest BCUT2D eigenvalue weighted by Gasteiger charge is 2.49. The van der Waals surface area contributed by atoms with Gasteiger partial charge in [-0.1, -0.05) is 146 Å². The lowest BCUT2D eigenvalue weighted by atomic mass is 9.88. The first kappa shape index (κ1) is 32.8. The van der Waals surface area contributed by atoms with Crippen molar-refractivity contribution in [1.82, 2.24) is 0 Å². The topological polar surface area (TPSA) is 66.4 Å². The van der Waals surface area contributed by atoms with E-state index in [9.17, 15) is 5.11 Å². The van der Waals surface area contributed by atoms with E-state index < -0.39 is 30.5 Å². The van der Waals surface area contributed by atoms with E-state index in [1.54, 1.807) is 0 Å². The molecule has 5 aromatic carbocycles. The van der Waals surface area contributed by atoms with Gasteiger partial charge >= 0.3 is 0 Å². The molecule has 0 saturated carbocycles. The van der Waals surface area contributed by atoms with Gasteiger partial charge < -0.3 is 28.8 Å². The number of benzene rings is 5. The second-order valence-corrected chi connectivity index (χ2v) is 11.7. The molecule has 0 spiro atoms. The fraction of sp³-hybridized carbons (Fsp3) is 0.268. The summed E-state index contributed by atoms with van der Waals surface area (Å²) in [5, 5.41) is 10.4. The van der Waals surface area contributed by atoms with Gasteiger partial charge in [0.15, 0.2) is 0 Å². The number of aliphatic hydroxyl groups excluding tert-OH is 1. The van der Waals surface area contributed by atoms with Crippen LogP contribution in [0.3, 0.4) is 0 Å². The molecule has 1 aliphatic rings. The van der Waals surface area contributed by atoms with Crippen LogP contribution in [-0.4, -0.2) is 36.1 Å². The number of rotatable bonds is 15. The van der Waals surface area contributed by atoms with Crippen molar-refractivity contribution in [3.63, 3.8) is 0 Å². The van der Waals surface area contributed by atoms with Crippen molar-refractivity contribution in [2.45, 2.75) is 63.6 Å². The Bertz CT molecular complexity index is 1600. The van der Waals surface area contributed by atoms with E-state index in [2.05, 4.69) is 12.1 Å². The van der Waals surface area contributed by atoms with Crippen molar-refractivity contribution in [2.75, 3.05) is 6.61 Å². The van der Waals surface area contributed by atoms with Gasteiger partial charge in [0.1, 0.15) is 30.5 Å². The molecule has 47 heavy (non-hydrogen) atoms. The van der Waals surface area contributed by atoms with Crippen LogP contribution in [0.5, 0.6) is 0 Å². The number of hydrogen-bond donors (Lipinski definition) is 1. The van der Waals surface area contributed by atoms with Crippen LogP contribution >= 0.6 is 0 Å². The van der Waals surface area contributed by atoms with Gasteiger partial charge in [0.2, 0.25) is 0 Å². The standard InChI is InChI=1S/C41H42O6/c42-25-35-23-13-14-24-36(35)38-40(45-28-33-19-9-3-10-20-33)41(46-29-34-21-11-4-12-22-34)39(44-27-32-17-7-2-8-18-32)37(47-38)30-43-26-31-15-5-1-6-16-31/h1-24,37-42H,25-30H2/t37-,38+,39-,40+,41+/m1/s1. The summed E-state index contributed by atoms with van der Waals surface area (Å²) in [6.45, 7) is 1.70. The van der Waals surface area contributed by atoms with Gasteiger partial charge in [-0.3, -0.25) is 0 Å². The minimum Gasteiger partial charge on any atom is -0.392 e. The summed E-state index contributed by atoms with van der Waals surface area (Å²) in [5.74, 6) is 0. The van der Waals surface area contributed by atoms with E-state index in [4.69, 9.17) is 23.7 Å². The molecule has 1 aliphatic heterocycles. The average Bonchev–Trinajstić information content (AvgIpc) is 3.14. The molecule has 1 fully saturated rings. The molecule has 1 saturated heterocycles. The minimum absolute atomic E-state index is 0.125. The number of ether oxygens (including phenoxy) is 5. The Kier molecular flexibility index (Phi) is 12.0. The van der Waals surface area contributed by atoms with Crippen molar-refractivity contribution in [1.29, 1.82) is 0 Å². The highest BCUT2D eigenvalue weighted by molar-refractivity contribution is 5.31. The Labute approximate surface area is 277 Å². The van der Waals surface area contributed by atoms with Crippen LogP contribution in [0.4, 0.5) is 0 Å². The van der Waals surface area contributed by atoms with E-state index in [0.717, 1.165) is 33.4 Å². The molecule has 1 heterocycles. The van der Waals surface area contributed by atoms with E-state index in [1.807, 2.05) is 133 Å². The number of hydrogen-bond acceptors (Lipinski definition) is 6. The monoisotopic (exact) mass is 630 g/mol. The Morgan fingerprint density at radius 2 is 0.894 bits per heavy atom. The van der Waals surface area contributed by atoms with Gasteiger partial charge in [0.25, 0.3) is 0 Å². The third-order valence-electron chi connectivity index (χ3n) is 8.42. The maximum atomic E-state index is 10.4. The second kappa shape index (κ2) is 17.1. The highest BCUT2D eigenvalue weighted by atomic mass is 16.6. The smallest absolute Gasteiger partial charge is 0.117 e. The van der Waals surface area contributed by atoms with E-state index in [-0.39, 0.29) is 13.2 Å². The lowest BCUT2D eigenvalue weighted by Crippen LogP contribution is -2.58. The van der Waals surface area contributed by atoms with Crippen LogP contribution in [-0.2, 0) is 56.7 Å². The molecule has 0 unspecified atom stereocenters. The largest absolute Gasteiger partial charge is 0.392 e. The molecule has 6 heteroatoms. The molecule has 1 N–H and O–H groups in total. The van der Waals surface area contributed by atoms with Gasteiger partial charge in [0.05, 0.1) is 39.6 Å². The Morgan fingerprint density at radius 3 is 1.40 bits per heavy atom. The summed E-state index contributed by atoms with van der Waals surface area (Å²) < 4.78 is 33.7. The molecular weight excluding hydrogens is 588 g/mol. The highest BCUT2D eigenvalue weighted by Crippen LogP contribution is 2.39. The third-order valence-corrected chi connectivity index (χ3v) is 8.42. The van der Waals surface area contributed by atoms with Gasteiger partial charge in [-0.05, 0) is 33.4 Å². The lowest BCUT2D eigenvalue weighted by Gasteiger charge is -2.46. The molecule has 6 rings (SSSR count). The van der Waals surface area contributed by atoms with Crippen molar-refractivity contribution in [3.8, 4) is 0 Å². The van der Waals surface area contributed by atoms with E-state index in [0.29, 0.717) is 26.4 Å². The van der Waals surface area contributed by atoms with Crippen molar-refractivity contribution >= 4 is 0 Å². The maximum Gasteiger partial charge on any atom is 0.117 e. The Hall–Kier alpha value is -4.14. The fourth-order valence-electron chi connectivity index (χ4n) is 6.00. The first-order valence-electron chi connectivity index (χ1n) is 16.2. The predicted octanol–water partition coefficient (Wildman–Crippen LogP) is 7.59. The van der Waals surface area contributed by atoms with Gasteiger partial charge in [-0.15, -0.1) is 0 Å². The Balaban J connectivity index is 1.36. The molecule has 242 valence electrons. The number of aliphatic hydroxyl groups is 1. The Morgan fingerprint density at radius 1 is 0.468 bits per heavy atom. The first-order valence-corrected chi connectivity index (χ1v) is 16.2. The molecule has 0 aromatic heterocycles. The SMILES string of the molecule is OCc1ccccc1[C@@H]1O[C@H](COCc2ccccc2)[C@@H](OCc2ccccc2)[C@H](OCc2ccccc2)[C@H]1OCc1ccccc1. The van der Waals surface area contributed by atoms with Crippen LogP contribution in [0.25, 0.3) is 0 Å². The molecular formula is C41H42O6. The molecule has 0 radical (unpaired) electrons. The average molecular weight is 631 g/mol. The quantitative estimate of drug-likeness (QED) is 0.129. The van der Waals surface area contributed by atoms with E-state index >= 15 is 0 Å². The van der Waals surface area contributed by atoms with Gasteiger partial charge in [-0.25, -0.2) is 0 Å². The van der Waals surface area contributed by atoms with Crippen LogP contribution < -0.4 is 0 Å². The first-order chi connectivity index (χ1) is 23.3. The summed E-state index contributed by atoms with van der Waals surface area (Å²) in [4.78, 5) is 0. The molecule has 0 amide bonds. The van der Waals surface area contributed by atoms with Crippen molar-refractivity contribution < 1.29 is 28.8 Å². The minimum atomic E-state index is -0.558. The summed E-state index contributed by atoms with van der Waals surface area (Å²) in [5.41, 5.74) is 5.85. The summed E-state index contributed by atoms with van der Waals surface area (Å²) in [6.07, 6.45) is -2.65.